The molecule has 5 heteroatoms. The highest BCUT2D eigenvalue weighted by molar-refractivity contribution is 5.86. The molecule has 0 aliphatic carbocycles. The highest BCUT2D eigenvalue weighted by atomic mass is 16.7. The second-order valence-corrected chi connectivity index (χ2v) is 8.34. The molecule has 1 aliphatic rings. The molecule has 0 bridgehead atoms. The van der Waals surface area contributed by atoms with E-state index in [1.165, 1.54) is 22.0 Å². The minimum absolute atomic E-state index is 0.0150. The van der Waals surface area contributed by atoms with Gasteiger partial charge in [0.05, 0.1) is 0 Å². The van der Waals surface area contributed by atoms with Crippen LogP contribution in [-0.4, -0.2) is 17.3 Å². The van der Waals surface area contributed by atoms with Crippen molar-refractivity contribution in [3.8, 4) is 11.5 Å². The van der Waals surface area contributed by atoms with Gasteiger partial charge in [0.1, 0.15) is 0 Å². The Balaban J connectivity index is 1.39. The number of hydrogen-bond donors (Lipinski definition) is 1. The maximum atomic E-state index is 13.0. The molecule has 1 aromatic heterocycles. The third kappa shape index (κ3) is 3.94. The Hall–Kier alpha value is -3.73. The first-order valence-corrected chi connectivity index (χ1v) is 10.8. The molecule has 0 fully saturated rings. The van der Waals surface area contributed by atoms with Crippen molar-refractivity contribution in [2.24, 2.45) is 7.05 Å². The lowest BCUT2D eigenvalue weighted by molar-refractivity contribution is -0.121. The first-order chi connectivity index (χ1) is 15.6. The molecule has 0 saturated heterocycles. The first kappa shape index (κ1) is 20.2. The van der Waals surface area contributed by atoms with Gasteiger partial charge >= 0.3 is 0 Å². The maximum Gasteiger partial charge on any atom is 0.231 e. The Morgan fingerprint density at radius 2 is 1.81 bits per heavy atom. The fraction of sp³-hybridized carbons (Fsp3) is 0.222. The van der Waals surface area contributed by atoms with E-state index in [1.807, 2.05) is 24.3 Å². The third-order valence-corrected chi connectivity index (χ3v) is 6.10. The van der Waals surface area contributed by atoms with E-state index in [0.29, 0.717) is 13.0 Å². The molecule has 1 atom stereocenters. The summed E-state index contributed by atoms with van der Waals surface area (Å²) in [5, 5.41) is 4.27. The zero-order valence-corrected chi connectivity index (χ0v) is 18.3. The van der Waals surface area contributed by atoms with Crippen LogP contribution in [0.2, 0.25) is 0 Å². The van der Waals surface area contributed by atoms with Crippen molar-refractivity contribution in [1.82, 2.24) is 9.88 Å². The van der Waals surface area contributed by atoms with Crippen LogP contribution in [-0.2, 0) is 18.4 Å². The third-order valence-electron chi connectivity index (χ3n) is 6.10. The Morgan fingerprint density at radius 1 is 1.03 bits per heavy atom. The molecule has 32 heavy (non-hydrogen) atoms. The van der Waals surface area contributed by atoms with E-state index in [-0.39, 0.29) is 18.6 Å². The lowest BCUT2D eigenvalue weighted by atomic mass is 9.87. The van der Waals surface area contributed by atoms with E-state index in [2.05, 4.69) is 72.5 Å². The fourth-order valence-corrected chi connectivity index (χ4v) is 4.37. The monoisotopic (exact) mass is 426 g/mol. The molecule has 0 spiro atoms. The summed E-state index contributed by atoms with van der Waals surface area (Å²) in [6.45, 7) is 2.77. The number of para-hydroxylation sites is 1. The van der Waals surface area contributed by atoms with E-state index in [0.717, 1.165) is 22.6 Å². The molecule has 1 N–H and O–H groups in total. The average Bonchev–Trinajstić information content (AvgIpc) is 3.41. The quantitative estimate of drug-likeness (QED) is 0.469. The summed E-state index contributed by atoms with van der Waals surface area (Å²) < 4.78 is 12.9. The van der Waals surface area contributed by atoms with Crippen molar-refractivity contribution in [1.29, 1.82) is 0 Å². The van der Waals surface area contributed by atoms with E-state index in [4.69, 9.17) is 9.47 Å². The van der Waals surface area contributed by atoms with Crippen LogP contribution >= 0.6 is 0 Å². The van der Waals surface area contributed by atoms with Crippen LogP contribution < -0.4 is 14.8 Å². The number of amides is 1. The van der Waals surface area contributed by atoms with E-state index in [9.17, 15) is 4.79 Å². The zero-order valence-electron chi connectivity index (χ0n) is 18.3. The van der Waals surface area contributed by atoms with Crippen molar-refractivity contribution >= 4 is 16.8 Å². The molecule has 162 valence electrons. The molecule has 3 aromatic carbocycles. The highest BCUT2D eigenvalue weighted by Gasteiger charge is 2.22. The lowest BCUT2D eigenvalue weighted by Crippen LogP contribution is -2.25. The number of hydrogen-bond acceptors (Lipinski definition) is 3. The second kappa shape index (κ2) is 8.42. The molecule has 4 aromatic rings. The second-order valence-electron chi connectivity index (χ2n) is 8.34. The number of nitrogens with zero attached hydrogens (tertiary/aromatic N) is 1. The number of fused-ring (bicyclic) bond motifs is 2. The topological polar surface area (TPSA) is 52.5 Å². The van der Waals surface area contributed by atoms with Gasteiger partial charge in [0.2, 0.25) is 12.7 Å². The molecule has 5 nitrogen and oxygen atoms in total. The largest absolute Gasteiger partial charge is 0.454 e. The Bertz CT molecular complexity index is 1270. The van der Waals surface area contributed by atoms with Gasteiger partial charge in [-0.05, 0) is 41.8 Å². The number of aryl methyl sites for hydroxylation is 2. The molecule has 2 heterocycles. The number of ether oxygens (including phenoxy) is 2. The van der Waals surface area contributed by atoms with Gasteiger partial charge in [-0.3, -0.25) is 4.79 Å². The predicted molar refractivity (Wildman–Crippen MR) is 125 cm³/mol. The van der Waals surface area contributed by atoms with Crippen LogP contribution in [0.25, 0.3) is 10.9 Å². The summed E-state index contributed by atoms with van der Waals surface area (Å²) in [6.07, 6.45) is 2.53. The number of aromatic nitrogens is 1. The van der Waals surface area contributed by atoms with Gasteiger partial charge < -0.3 is 19.4 Å². The zero-order chi connectivity index (χ0) is 22.1. The molecule has 5 rings (SSSR count). The number of carbonyl (C=O) groups excluding carboxylic acids is 1. The molecule has 1 aliphatic heterocycles. The van der Waals surface area contributed by atoms with Crippen LogP contribution in [0.3, 0.4) is 0 Å². The van der Waals surface area contributed by atoms with Gasteiger partial charge in [-0.2, -0.15) is 0 Å². The standard InChI is InChI=1S/C27H26N2O3/c1-18-7-10-20(11-8-18)22(23-16-29(2)24-6-4-3-5-21(23)24)14-27(30)28-15-19-9-12-25-26(13-19)32-17-31-25/h3-13,16,22H,14-15,17H2,1-2H3,(H,28,30)/t22-/m1/s1. The van der Waals surface area contributed by atoms with Gasteiger partial charge in [0.25, 0.3) is 0 Å². The van der Waals surface area contributed by atoms with Crippen LogP contribution in [0.5, 0.6) is 11.5 Å². The predicted octanol–water partition coefficient (Wildman–Crippen LogP) is 5.05. The van der Waals surface area contributed by atoms with Crippen LogP contribution in [0.1, 0.15) is 34.6 Å². The average molecular weight is 427 g/mol. The Morgan fingerprint density at radius 3 is 2.66 bits per heavy atom. The van der Waals surface area contributed by atoms with Crippen molar-refractivity contribution in [2.75, 3.05) is 6.79 Å². The van der Waals surface area contributed by atoms with E-state index < -0.39 is 0 Å². The molecule has 0 unspecified atom stereocenters. The van der Waals surface area contributed by atoms with E-state index in [1.54, 1.807) is 0 Å². The molecule has 0 radical (unpaired) electrons. The summed E-state index contributed by atoms with van der Waals surface area (Å²) in [7, 11) is 2.05. The van der Waals surface area contributed by atoms with Gasteiger partial charge in [-0.25, -0.2) is 0 Å². The van der Waals surface area contributed by atoms with Crippen molar-refractivity contribution < 1.29 is 14.3 Å². The fourth-order valence-electron chi connectivity index (χ4n) is 4.37. The molecular formula is C27H26N2O3. The van der Waals surface area contributed by atoms with Gasteiger partial charge in [-0.15, -0.1) is 0 Å². The lowest BCUT2D eigenvalue weighted by Gasteiger charge is -2.18. The smallest absolute Gasteiger partial charge is 0.231 e. The minimum Gasteiger partial charge on any atom is -0.454 e. The SMILES string of the molecule is Cc1ccc([C@@H](CC(=O)NCc2ccc3c(c2)OCO3)c2cn(C)c3ccccc23)cc1. The summed E-state index contributed by atoms with van der Waals surface area (Å²) >= 11 is 0. The van der Waals surface area contributed by atoms with Gasteiger partial charge in [0, 0.05) is 43.0 Å². The van der Waals surface area contributed by atoms with Gasteiger partial charge in [0.15, 0.2) is 11.5 Å². The van der Waals surface area contributed by atoms with Gasteiger partial charge in [-0.1, -0.05) is 54.1 Å². The van der Waals surface area contributed by atoms with Crippen LogP contribution in [0.4, 0.5) is 0 Å². The van der Waals surface area contributed by atoms with E-state index >= 15 is 0 Å². The van der Waals surface area contributed by atoms with Crippen LogP contribution in [0.15, 0.2) is 72.9 Å². The summed E-state index contributed by atoms with van der Waals surface area (Å²) in [4.78, 5) is 13.0. The normalized spacial score (nSPS) is 13.3. The maximum absolute atomic E-state index is 13.0. The number of carbonyl (C=O) groups is 1. The number of nitrogens with one attached hydrogen (secondary N) is 1. The summed E-state index contributed by atoms with van der Waals surface area (Å²) in [5.74, 6) is 1.46. The summed E-state index contributed by atoms with van der Waals surface area (Å²) in [6, 6.07) is 22.6. The number of benzene rings is 3. The van der Waals surface area contributed by atoms with Crippen LogP contribution in [0, 0.1) is 6.92 Å². The Labute approximate surface area is 187 Å². The van der Waals surface area contributed by atoms with Crippen molar-refractivity contribution in [3.63, 3.8) is 0 Å². The minimum atomic E-state index is -0.0292. The first-order valence-electron chi connectivity index (χ1n) is 10.8. The van der Waals surface area contributed by atoms with Crippen molar-refractivity contribution in [2.45, 2.75) is 25.8 Å². The van der Waals surface area contributed by atoms with Crippen molar-refractivity contribution in [3.05, 3.63) is 95.2 Å². The molecule has 0 saturated carbocycles. The number of rotatable bonds is 6. The highest BCUT2D eigenvalue weighted by Crippen LogP contribution is 2.35. The molecular weight excluding hydrogens is 400 g/mol. The summed E-state index contributed by atoms with van der Waals surface area (Å²) in [5.41, 5.74) is 5.67. The Kier molecular flexibility index (Phi) is 5.31. The molecule has 1 amide bonds.